The first-order chi connectivity index (χ1) is 42.0. The van der Waals surface area contributed by atoms with Crippen LogP contribution in [0.3, 0.4) is 0 Å². The van der Waals surface area contributed by atoms with Gasteiger partial charge >= 0.3 is 0 Å². The van der Waals surface area contributed by atoms with Crippen molar-refractivity contribution in [2.75, 3.05) is 40.9 Å². The number of carbonyl (C=O) groups is 1. The second-order valence-corrected chi connectivity index (χ2v) is 25.2. The Morgan fingerprint density at radius 1 is 0.419 bits per heavy atom. The second kappa shape index (κ2) is 65.3. The maximum Gasteiger partial charge on any atom is 0.268 e. The molecule has 0 heterocycles. The summed E-state index contributed by atoms with van der Waals surface area (Å²) in [5.74, 6) is -0.228. The third kappa shape index (κ3) is 67.4. The monoisotopic (exact) mass is 1210 g/mol. The van der Waals surface area contributed by atoms with E-state index in [-0.39, 0.29) is 12.5 Å². The molecule has 0 aromatic rings. The first kappa shape index (κ1) is 81.9. The van der Waals surface area contributed by atoms with Crippen LogP contribution >= 0.6 is 7.82 Å². The summed E-state index contributed by atoms with van der Waals surface area (Å²) in [4.78, 5) is 25.6. The quantitative estimate of drug-likeness (QED) is 0.0272. The van der Waals surface area contributed by atoms with Crippen molar-refractivity contribution in [1.82, 2.24) is 5.32 Å². The lowest BCUT2D eigenvalue weighted by Crippen LogP contribution is -2.45. The standard InChI is InChI=1S/C77H129N2O6P/c1-6-8-10-12-14-16-18-20-22-24-26-28-30-31-32-33-34-35-36-37-38-39-40-41-42-43-44-45-46-47-49-51-53-55-57-59-61-63-65-67-69-71-77(81)78-75(74-85-86(82,83)84-73-72-79(3,4)5)76(80)70-68-66-64-62-60-58-56-54-52-50-48-29-27-25-23-21-19-17-15-13-11-9-7-2/h8,10,14,16,20,22,26,28,31-32,34-35,37-38,40-41,43-44,46-47,51-54,60,62,68,70,75-76,80H,6-7,9,11-13,15,17-19,21,23-25,27,29-30,33,36,39,42,45,48-50,55-59,61,63-67,69,71-74H2,1-5H3,(H-,78,81,82,83)/b10-8-,16-14-,22-20-,28-26-,32-31-,35-34-,38-37-,41-40-,44-43-,47-46-,53-51-,54-52+,62-60+,70-68+. The zero-order valence-electron chi connectivity index (χ0n) is 55.7. The van der Waals surface area contributed by atoms with E-state index in [9.17, 15) is 19.4 Å². The summed E-state index contributed by atoms with van der Waals surface area (Å²) in [6.07, 6.45) is 103. The number of phosphoric acid groups is 1. The van der Waals surface area contributed by atoms with Crippen LogP contribution in [0.15, 0.2) is 170 Å². The van der Waals surface area contributed by atoms with Crippen LogP contribution in [0.1, 0.15) is 258 Å². The number of nitrogens with one attached hydrogen (secondary N) is 1. The molecule has 0 rings (SSSR count). The normalized spacial score (nSPS) is 14.7. The van der Waals surface area contributed by atoms with E-state index in [4.69, 9.17) is 9.05 Å². The average molecular weight is 1210 g/mol. The molecule has 488 valence electrons. The number of nitrogens with zero attached hydrogens (tertiary/aromatic N) is 1. The van der Waals surface area contributed by atoms with Gasteiger partial charge < -0.3 is 28.8 Å². The fourth-order valence-corrected chi connectivity index (χ4v) is 9.80. The Bertz CT molecular complexity index is 2010. The number of amides is 1. The van der Waals surface area contributed by atoms with Gasteiger partial charge in [-0.15, -0.1) is 0 Å². The van der Waals surface area contributed by atoms with Crippen molar-refractivity contribution in [3.05, 3.63) is 170 Å². The van der Waals surface area contributed by atoms with E-state index in [1.54, 1.807) is 6.08 Å². The zero-order chi connectivity index (χ0) is 62.6. The van der Waals surface area contributed by atoms with E-state index in [0.29, 0.717) is 17.4 Å². The molecular formula is C77H129N2O6P. The summed E-state index contributed by atoms with van der Waals surface area (Å²) in [6.45, 7) is 4.49. The molecule has 0 fully saturated rings. The summed E-state index contributed by atoms with van der Waals surface area (Å²) >= 11 is 0. The van der Waals surface area contributed by atoms with Crippen LogP contribution in [0.25, 0.3) is 0 Å². The fourth-order valence-electron chi connectivity index (χ4n) is 9.07. The number of aliphatic hydroxyl groups excluding tert-OH is 1. The van der Waals surface area contributed by atoms with E-state index in [1.165, 1.54) is 109 Å². The van der Waals surface area contributed by atoms with Crippen molar-refractivity contribution in [1.29, 1.82) is 0 Å². The molecule has 0 saturated carbocycles. The van der Waals surface area contributed by atoms with Gasteiger partial charge in [0.15, 0.2) is 0 Å². The Morgan fingerprint density at radius 2 is 0.721 bits per heavy atom. The smallest absolute Gasteiger partial charge is 0.268 e. The van der Waals surface area contributed by atoms with Gasteiger partial charge in [0.25, 0.3) is 7.82 Å². The van der Waals surface area contributed by atoms with Crippen molar-refractivity contribution >= 4 is 13.7 Å². The molecule has 0 radical (unpaired) electrons. The molecule has 0 saturated heterocycles. The summed E-state index contributed by atoms with van der Waals surface area (Å²) in [7, 11) is 1.21. The van der Waals surface area contributed by atoms with Gasteiger partial charge in [0.2, 0.25) is 5.91 Å². The highest BCUT2D eigenvalue weighted by Gasteiger charge is 2.23. The highest BCUT2D eigenvalue weighted by Crippen LogP contribution is 2.38. The Labute approximate surface area is 530 Å². The van der Waals surface area contributed by atoms with Gasteiger partial charge in [-0.3, -0.25) is 9.36 Å². The van der Waals surface area contributed by atoms with Crippen molar-refractivity contribution in [2.24, 2.45) is 0 Å². The van der Waals surface area contributed by atoms with E-state index >= 15 is 0 Å². The molecule has 8 nitrogen and oxygen atoms in total. The van der Waals surface area contributed by atoms with Crippen LogP contribution in [0, 0.1) is 0 Å². The lowest BCUT2D eigenvalue weighted by atomic mass is 10.0. The van der Waals surface area contributed by atoms with Crippen molar-refractivity contribution < 1.29 is 32.9 Å². The minimum absolute atomic E-state index is 0.0200. The summed E-state index contributed by atoms with van der Waals surface area (Å²) < 4.78 is 23.4. The van der Waals surface area contributed by atoms with Gasteiger partial charge in [0, 0.05) is 6.42 Å². The molecule has 2 N–H and O–H groups in total. The molecule has 0 bridgehead atoms. The highest BCUT2D eigenvalue weighted by atomic mass is 31.2. The van der Waals surface area contributed by atoms with E-state index in [1.807, 2.05) is 27.2 Å². The molecule has 86 heavy (non-hydrogen) atoms. The number of allylic oxidation sites excluding steroid dienone is 27. The van der Waals surface area contributed by atoms with Gasteiger partial charge in [0.05, 0.1) is 39.9 Å². The SMILES string of the molecule is CC/C=C\C/C=C\C/C=C\C/C=C\C/C=C\C/C=C\C/C=C\C/C=C\C/C=C\C/C=C\C/C=C\CCCCCCCCCC(=O)NC(COP(=O)([O-])OCC[N+](C)(C)C)C(O)/C=C/CC/C=C/CC/C=C/CCCCCCCCCCCCCCC. The van der Waals surface area contributed by atoms with E-state index in [0.717, 1.165) is 128 Å². The minimum Gasteiger partial charge on any atom is -0.756 e. The number of carbonyl (C=O) groups excluding carboxylic acids is 1. The number of hydrogen-bond acceptors (Lipinski definition) is 6. The number of quaternary nitrogens is 1. The third-order valence-electron chi connectivity index (χ3n) is 14.4. The Balaban J connectivity index is 4.22. The highest BCUT2D eigenvalue weighted by molar-refractivity contribution is 7.45. The van der Waals surface area contributed by atoms with Crippen LogP contribution in [0.2, 0.25) is 0 Å². The number of rotatable bonds is 61. The van der Waals surface area contributed by atoms with Gasteiger partial charge in [0.1, 0.15) is 13.2 Å². The average Bonchev–Trinajstić information content (AvgIpc) is 3.70. The number of unbranched alkanes of at least 4 members (excludes halogenated alkanes) is 22. The van der Waals surface area contributed by atoms with Gasteiger partial charge in [-0.1, -0.05) is 293 Å². The summed E-state index contributed by atoms with van der Waals surface area (Å²) in [6, 6.07) is -0.930. The molecule has 0 spiro atoms. The number of hydrogen-bond donors (Lipinski definition) is 2. The topological polar surface area (TPSA) is 108 Å². The Kier molecular flexibility index (Phi) is 62.2. The Hall–Kier alpha value is -4.14. The number of likely N-dealkylation sites (N-methyl/N-ethyl adjacent to an activating group) is 1. The molecule has 0 aliphatic carbocycles. The minimum atomic E-state index is -4.63. The van der Waals surface area contributed by atoms with Crippen LogP contribution < -0.4 is 10.2 Å². The van der Waals surface area contributed by atoms with Crippen molar-refractivity contribution in [2.45, 2.75) is 270 Å². The van der Waals surface area contributed by atoms with E-state index in [2.05, 4.69) is 177 Å². The predicted octanol–water partition coefficient (Wildman–Crippen LogP) is 21.7. The van der Waals surface area contributed by atoms with Gasteiger partial charge in [-0.05, 0) is 128 Å². The van der Waals surface area contributed by atoms with Crippen LogP contribution in [0.4, 0.5) is 0 Å². The maximum atomic E-state index is 13.0. The molecule has 0 aromatic heterocycles. The summed E-state index contributed by atoms with van der Waals surface area (Å²) in [5.41, 5.74) is 0. The maximum absolute atomic E-state index is 13.0. The second-order valence-electron chi connectivity index (χ2n) is 23.8. The number of phosphoric ester groups is 1. The molecule has 3 unspecified atom stereocenters. The zero-order valence-corrected chi connectivity index (χ0v) is 56.6. The van der Waals surface area contributed by atoms with Crippen molar-refractivity contribution in [3.8, 4) is 0 Å². The van der Waals surface area contributed by atoms with Gasteiger partial charge in [-0.25, -0.2) is 0 Å². The summed E-state index contributed by atoms with van der Waals surface area (Å²) in [5, 5.41) is 13.9. The lowest BCUT2D eigenvalue weighted by Gasteiger charge is -2.29. The van der Waals surface area contributed by atoms with Crippen LogP contribution in [-0.4, -0.2) is 68.5 Å². The predicted molar refractivity (Wildman–Crippen MR) is 375 cm³/mol. The van der Waals surface area contributed by atoms with E-state index < -0.39 is 26.6 Å². The largest absolute Gasteiger partial charge is 0.756 e. The Morgan fingerprint density at radius 3 is 1.08 bits per heavy atom. The van der Waals surface area contributed by atoms with Crippen LogP contribution in [-0.2, 0) is 18.4 Å². The van der Waals surface area contributed by atoms with Crippen LogP contribution in [0.5, 0.6) is 0 Å². The molecule has 3 atom stereocenters. The first-order valence-corrected chi connectivity index (χ1v) is 36.0. The van der Waals surface area contributed by atoms with Crippen molar-refractivity contribution in [3.63, 3.8) is 0 Å². The number of aliphatic hydroxyl groups is 1. The molecule has 0 aliphatic heterocycles. The molecule has 0 aliphatic rings. The third-order valence-corrected chi connectivity index (χ3v) is 15.4. The lowest BCUT2D eigenvalue weighted by molar-refractivity contribution is -0.870. The molecular weight excluding hydrogens is 1080 g/mol. The fraction of sp³-hybridized carbons (Fsp3) is 0.623. The first-order valence-electron chi connectivity index (χ1n) is 34.5. The van der Waals surface area contributed by atoms with Gasteiger partial charge in [-0.2, -0.15) is 0 Å². The molecule has 0 aromatic carbocycles. The molecule has 1 amide bonds. The molecule has 9 heteroatoms.